The quantitative estimate of drug-likeness (QED) is 0.812. The number of amides is 1. The van der Waals surface area contributed by atoms with Gasteiger partial charge >= 0.3 is 0 Å². The van der Waals surface area contributed by atoms with E-state index in [4.69, 9.17) is 9.47 Å². The first-order valence-electron chi connectivity index (χ1n) is 7.36. The highest BCUT2D eigenvalue weighted by atomic mass is 32.2. The van der Waals surface area contributed by atoms with Crippen LogP contribution in [0, 0.1) is 6.92 Å². The zero-order chi connectivity index (χ0) is 17.0. The molecule has 1 aromatic rings. The molecule has 1 unspecified atom stereocenters. The molecule has 0 bridgehead atoms. The Kier molecular flexibility index (Phi) is 5.48. The number of nitrogens with one attached hydrogen (secondary N) is 2. The summed E-state index contributed by atoms with van der Waals surface area (Å²) in [4.78, 5) is 12.4. The molecule has 0 aromatic heterocycles. The first-order valence-corrected chi connectivity index (χ1v) is 9.25. The van der Waals surface area contributed by atoms with Crippen LogP contribution in [0.5, 0.6) is 5.75 Å². The summed E-state index contributed by atoms with van der Waals surface area (Å²) in [6.45, 7) is 2.88. The second kappa shape index (κ2) is 7.18. The Balaban J connectivity index is 2.20. The Morgan fingerprint density at radius 2 is 2.17 bits per heavy atom. The molecule has 2 rings (SSSR count). The Bertz CT molecular complexity index is 681. The van der Waals surface area contributed by atoms with Gasteiger partial charge in [0.25, 0.3) is 5.91 Å². The molecular formula is C15H22N2O5S. The molecule has 0 radical (unpaired) electrons. The minimum absolute atomic E-state index is 0.0315. The first-order chi connectivity index (χ1) is 10.8. The van der Waals surface area contributed by atoms with Gasteiger partial charge in [-0.3, -0.25) is 9.52 Å². The molecule has 1 atom stereocenters. The Morgan fingerprint density at radius 1 is 1.43 bits per heavy atom. The van der Waals surface area contributed by atoms with Gasteiger partial charge in [-0.1, -0.05) is 0 Å². The van der Waals surface area contributed by atoms with E-state index < -0.39 is 10.0 Å². The number of ether oxygens (including phenoxy) is 2. The minimum atomic E-state index is -3.43. The number of aryl methyl sites for hydroxylation is 1. The molecule has 1 heterocycles. The van der Waals surface area contributed by atoms with Crippen LogP contribution in [0.2, 0.25) is 0 Å². The summed E-state index contributed by atoms with van der Waals surface area (Å²) in [5.74, 6) is 0.0697. The molecule has 128 valence electrons. The van der Waals surface area contributed by atoms with Crippen LogP contribution in [-0.2, 0) is 14.8 Å². The van der Waals surface area contributed by atoms with Crippen molar-refractivity contribution in [3.8, 4) is 5.75 Å². The highest BCUT2D eigenvalue weighted by molar-refractivity contribution is 7.92. The fraction of sp³-hybridized carbons (Fsp3) is 0.533. The van der Waals surface area contributed by atoms with Crippen LogP contribution in [0.25, 0.3) is 0 Å². The van der Waals surface area contributed by atoms with E-state index in [2.05, 4.69) is 10.0 Å². The van der Waals surface area contributed by atoms with Crippen molar-refractivity contribution >= 4 is 21.6 Å². The van der Waals surface area contributed by atoms with E-state index in [1.807, 2.05) is 0 Å². The van der Waals surface area contributed by atoms with Gasteiger partial charge in [-0.15, -0.1) is 0 Å². The number of rotatable bonds is 6. The van der Waals surface area contributed by atoms with Gasteiger partial charge in [0.1, 0.15) is 5.75 Å². The Labute approximate surface area is 136 Å². The molecule has 8 heteroatoms. The predicted molar refractivity (Wildman–Crippen MR) is 87.5 cm³/mol. The van der Waals surface area contributed by atoms with Crippen molar-refractivity contribution in [1.82, 2.24) is 5.32 Å². The minimum Gasteiger partial charge on any atom is -0.496 e. The topological polar surface area (TPSA) is 93.7 Å². The first kappa shape index (κ1) is 17.6. The molecule has 23 heavy (non-hydrogen) atoms. The molecule has 7 nitrogen and oxygen atoms in total. The lowest BCUT2D eigenvalue weighted by Crippen LogP contribution is -2.32. The second-order valence-corrected chi connectivity index (χ2v) is 7.34. The summed E-state index contributed by atoms with van der Waals surface area (Å²) in [6.07, 6.45) is 3.01. The van der Waals surface area contributed by atoms with E-state index in [9.17, 15) is 13.2 Å². The lowest BCUT2D eigenvalue weighted by molar-refractivity contribution is 0.0855. The third kappa shape index (κ3) is 4.84. The van der Waals surface area contributed by atoms with E-state index in [1.165, 1.54) is 13.2 Å². The third-order valence-corrected chi connectivity index (χ3v) is 4.19. The van der Waals surface area contributed by atoms with Gasteiger partial charge < -0.3 is 14.8 Å². The smallest absolute Gasteiger partial charge is 0.255 e. The average Bonchev–Trinajstić information content (AvgIpc) is 2.98. The fourth-order valence-electron chi connectivity index (χ4n) is 2.44. The lowest BCUT2D eigenvalue weighted by Gasteiger charge is -2.15. The van der Waals surface area contributed by atoms with Gasteiger partial charge in [-0.05, 0) is 37.5 Å². The van der Waals surface area contributed by atoms with Gasteiger partial charge in [0.05, 0.1) is 30.7 Å². The van der Waals surface area contributed by atoms with Crippen molar-refractivity contribution < 1.29 is 22.7 Å². The van der Waals surface area contributed by atoms with Gasteiger partial charge in [-0.25, -0.2) is 8.42 Å². The molecule has 1 amide bonds. The molecule has 0 spiro atoms. The van der Waals surface area contributed by atoms with E-state index in [0.29, 0.717) is 23.5 Å². The van der Waals surface area contributed by atoms with Crippen LogP contribution in [0.1, 0.15) is 28.8 Å². The van der Waals surface area contributed by atoms with Gasteiger partial charge in [0.2, 0.25) is 10.0 Å². The highest BCUT2D eigenvalue weighted by Gasteiger charge is 2.20. The van der Waals surface area contributed by atoms with Crippen LogP contribution in [-0.4, -0.2) is 46.9 Å². The van der Waals surface area contributed by atoms with Crippen molar-refractivity contribution in [3.63, 3.8) is 0 Å². The summed E-state index contributed by atoms with van der Waals surface area (Å²) >= 11 is 0. The lowest BCUT2D eigenvalue weighted by atomic mass is 10.1. The summed E-state index contributed by atoms with van der Waals surface area (Å²) in [7, 11) is -1.96. The van der Waals surface area contributed by atoms with Crippen LogP contribution in [0.4, 0.5) is 5.69 Å². The van der Waals surface area contributed by atoms with Crippen LogP contribution >= 0.6 is 0 Å². The zero-order valence-corrected chi connectivity index (χ0v) is 14.3. The van der Waals surface area contributed by atoms with Crippen LogP contribution in [0.15, 0.2) is 12.1 Å². The molecule has 1 fully saturated rings. The van der Waals surface area contributed by atoms with Gasteiger partial charge in [0, 0.05) is 13.2 Å². The van der Waals surface area contributed by atoms with Gasteiger partial charge in [-0.2, -0.15) is 0 Å². The number of anilines is 1. The number of carbonyl (C=O) groups excluding carboxylic acids is 1. The summed E-state index contributed by atoms with van der Waals surface area (Å²) in [5.41, 5.74) is 1.31. The molecule has 2 N–H and O–H groups in total. The summed E-state index contributed by atoms with van der Waals surface area (Å²) < 4.78 is 36.0. The number of sulfonamides is 1. The molecule has 0 aliphatic carbocycles. The van der Waals surface area contributed by atoms with Gasteiger partial charge in [0.15, 0.2) is 0 Å². The largest absolute Gasteiger partial charge is 0.496 e. The predicted octanol–water partition coefficient (Wildman–Crippen LogP) is 1.28. The number of benzene rings is 1. The average molecular weight is 342 g/mol. The number of hydrogen-bond acceptors (Lipinski definition) is 5. The Morgan fingerprint density at radius 3 is 2.74 bits per heavy atom. The Hall–Kier alpha value is -1.80. The maximum absolute atomic E-state index is 12.4. The number of carbonyl (C=O) groups is 1. The van der Waals surface area contributed by atoms with E-state index in [1.54, 1.807) is 13.0 Å². The standard InChI is InChI=1S/C15H22N2O5S/c1-10-7-14(21-2)12(8-13(10)17-23(3,19)20)15(18)16-9-11-5-4-6-22-11/h7-8,11,17H,4-6,9H2,1-3H3,(H,16,18). The van der Waals surface area contributed by atoms with E-state index in [0.717, 1.165) is 25.7 Å². The zero-order valence-electron chi connectivity index (χ0n) is 13.5. The third-order valence-electron chi connectivity index (χ3n) is 3.60. The fourth-order valence-corrected chi connectivity index (χ4v) is 3.06. The summed E-state index contributed by atoms with van der Waals surface area (Å²) in [6, 6.07) is 3.12. The van der Waals surface area contributed by atoms with Crippen LogP contribution in [0.3, 0.4) is 0 Å². The SMILES string of the molecule is COc1cc(C)c(NS(C)(=O)=O)cc1C(=O)NCC1CCCO1. The highest BCUT2D eigenvalue weighted by Crippen LogP contribution is 2.27. The van der Waals surface area contributed by atoms with Crippen molar-refractivity contribution in [1.29, 1.82) is 0 Å². The molecule has 1 aliphatic rings. The van der Waals surface area contributed by atoms with Crippen LogP contribution < -0.4 is 14.8 Å². The molecule has 1 aromatic carbocycles. The molecule has 1 saturated heterocycles. The number of methoxy groups -OCH3 is 1. The van der Waals surface area contributed by atoms with E-state index >= 15 is 0 Å². The monoisotopic (exact) mass is 342 g/mol. The molecule has 0 saturated carbocycles. The molecular weight excluding hydrogens is 320 g/mol. The maximum atomic E-state index is 12.4. The van der Waals surface area contributed by atoms with E-state index in [-0.39, 0.29) is 17.6 Å². The van der Waals surface area contributed by atoms with Crippen molar-refractivity contribution in [2.45, 2.75) is 25.9 Å². The normalized spacial score (nSPS) is 17.8. The van der Waals surface area contributed by atoms with Crippen molar-refractivity contribution in [2.75, 3.05) is 31.2 Å². The van der Waals surface area contributed by atoms with Crippen molar-refractivity contribution in [3.05, 3.63) is 23.3 Å². The maximum Gasteiger partial charge on any atom is 0.255 e. The molecule has 1 aliphatic heterocycles. The summed E-state index contributed by atoms with van der Waals surface area (Å²) in [5, 5.41) is 2.80. The van der Waals surface area contributed by atoms with Crippen molar-refractivity contribution in [2.24, 2.45) is 0 Å². The second-order valence-electron chi connectivity index (χ2n) is 5.59. The number of hydrogen-bond donors (Lipinski definition) is 2.